The molecule has 2 amide bonds. The molecule has 2 aromatic heterocycles. The fourth-order valence-corrected chi connectivity index (χ4v) is 3.34. The Hall–Kier alpha value is -3.22. The molecule has 31 heavy (non-hydrogen) atoms. The Morgan fingerprint density at radius 2 is 1.65 bits per heavy atom. The van der Waals surface area contributed by atoms with Crippen molar-refractivity contribution in [2.24, 2.45) is 0 Å². The van der Waals surface area contributed by atoms with Gasteiger partial charge in [0.2, 0.25) is 0 Å². The standard InChI is InChI=1S/C24H31N5O2/c1-7-17(8-2)25-23(31)20-18-13-14-19(26-21(18)29(28-20)24(4,5)6)27-22(30)16-11-9-15(3)10-12-16/h9-14,17H,7-8H2,1-6H3,(H,25,31)(H,26,27,30). The molecular weight excluding hydrogens is 390 g/mol. The largest absolute Gasteiger partial charge is 0.348 e. The molecule has 1 aromatic carbocycles. The summed E-state index contributed by atoms with van der Waals surface area (Å²) in [6.45, 7) is 12.1. The maximum atomic E-state index is 12.9. The Morgan fingerprint density at radius 1 is 1.00 bits per heavy atom. The molecule has 0 aliphatic carbocycles. The summed E-state index contributed by atoms with van der Waals surface area (Å²) >= 11 is 0. The van der Waals surface area contributed by atoms with Crippen molar-refractivity contribution >= 4 is 28.7 Å². The van der Waals surface area contributed by atoms with Crippen LogP contribution in [0.2, 0.25) is 0 Å². The first-order chi connectivity index (χ1) is 14.6. The number of fused-ring (bicyclic) bond motifs is 1. The predicted molar refractivity (Wildman–Crippen MR) is 123 cm³/mol. The van der Waals surface area contributed by atoms with E-state index >= 15 is 0 Å². The highest BCUT2D eigenvalue weighted by Crippen LogP contribution is 2.25. The molecule has 2 N–H and O–H groups in total. The third-order valence-electron chi connectivity index (χ3n) is 5.26. The number of pyridine rings is 1. The van der Waals surface area contributed by atoms with Gasteiger partial charge in [0.25, 0.3) is 11.8 Å². The van der Waals surface area contributed by atoms with Gasteiger partial charge in [-0.05, 0) is 64.8 Å². The summed E-state index contributed by atoms with van der Waals surface area (Å²) in [6, 6.07) is 11.0. The zero-order valence-corrected chi connectivity index (χ0v) is 19.1. The number of aromatic nitrogens is 3. The predicted octanol–water partition coefficient (Wildman–Crippen LogP) is 4.67. The lowest BCUT2D eigenvalue weighted by atomic mass is 10.1. The van der Waals surface area contributed by atoms with Gasteiger partial charge in [-0.3, -0.25) is 9.59 Å². The Morgan fingerprint density at radius 3 is 2.23 bits per heavy atom. The lowest BCUT2D eigenvalue weighted by Crippen LogP contribution is -2.34. The van der Waals surface area contributed by atoms with Crippen LogP contribution >= 0.6 is 0 Å². The summed E-state index contributed by atoms with van der Waals surface area (Å²) in [5.41, 5.74) is 2.16. The first kappa shape index (κ1) is 22.5. The van der Waals surface area contributed by atoms with Gasteiger partial charge < -0.3 is 10.6 Å². The van der Waals surface area contributed by atoms with E-state index in [0.29, 0.717) is 28.1 Å². The van der Waals surface area contributed by atoms with Crippen LogP contribution in [0.15, 0.2) is 36.4 Å². The summed E-state index contributed by atoms with van der Waals surface area (Å²) < 4.78 is 1.74. The maximum Gasteiger partial charge on any atom is 0.272 e. The topological polar surface area (TPSA) is 88.9 Å². The third-order valence-corrected chi connectivity index (χ3v) is 5.26. The van der Waals surface area contributed by atoms with E-state index in [-0.39, 0.29) is 17.9 Å². The Labute approximate surface area is 183 Å². The highest BCUT2D eigenvalue weighted by molar-refractivity contribution is 6.06. The van der Waals surface area contributed by atoms with Crippen molar-refractivity contribution in [3.05, 3.63) is 53.2 Å². The molecular formula is C24H31N5O2. The quantitative estimate of drug-likeness (QED) is 0.605. The fraction of sp³-hybridized carbons (Fsp3) is 0.417. The second-order valence-electron chi connectivity index (χ2n) is 8.81. The zero-order valence-electron chi connectivity index (χ0n) is 19.1. The SMILES string of the molecule is CCC(CC)NC(=O)c1nn(C(C)(C)C)c2nc(NC(=O)c3ccc(C)cc3)ccc12. The second-order valence-corrected chi connectivity index (χ2v) is 8.81. The molecule has 0 saturated heterocycles. The van der Waals surface area contributed by atoms with Crippen molar-refractivity contribution in [2.75, 3.05) is 5.32 Å². The zero-order chi connectivity index (χ0) is 22.8. The fourth-order valence-electron chi connectivity index (χ4n) is 3.34. The van der Waals surface area contributed by atoms with Crippen LogP contribution in [-0.4, -0.2) is 32.6 Å². The van der Waals surface area contributed by atoms with Crippen molar-refractivity contribution in [3.63, 3.8) is 0 Å². The van der Waals surface area contributed by atoms with E-state index in [0.717, 1.165) is 18.4 Å². The summed E-state index contributed by atoms with van der Waals surface area (Å²) in [7, 11) is 0. The van der Waals surface area contributed by atoms with E-state index < -0.39 is 5.54 Å². The first-order valence-corrected chi connectivity index (χ1v) is 10.7. The minimum Gasteiger partial charge on any atom is -0.348 e. The molecule has 0 radical (unpaired) electrons. The lowest BCUT2D eigenvalue weighted by Gasteiger charge is -2.20. The van der Waals surface area contributed by atoms with Gasteiger partial charge in [0.15, 0.2) is 11.3 Å². The number of aryl methyl sites for hydroxylation is 1. The summed E-state index contributed by atoms with van der Waals surface area (Å²) in [4.78, 5) is 30.2. The molecule has 0 spiro atoms. The molecule has 3 aromatic rings. The summed E-state index contributed by atoms with van der Waals surface area (Å²) in [5, 5.41) is 11.2. The van der Waals surface area contributed by atoms with Crippen LogP contribution in [-0.2, 0) is 5.54 Å². The van der Waals surface area contributed by atoms with Gasteiger partial charge in [0, 0.05) is 11.6 Å². The van der Waals surface area contributed by atoms with Crippen LogP contribution < -0.4 is 10.6 Å². The molecule has 164 valence electrons. The summed E-state index contributed by atoms with van der Waals surface area (Å²) in [5.74, 6) is -0.0317. The molecule has 0 aliphatic rings. The second kappa shape index (κ2) is 8.88. The molecule has 0 saturated carbocycles. The minimum absolute atomic E-state index is 0.100. The molecule has 0 fully saturated rings. The van der Waals surface area contributed by atoms with Gasteiger partial charge in [0.05, 0.1) is 10.9 Å². The van der Waals surface area contributed by atoms with Crippen molar-refractivity contribution in [1.29, 1.82) is 0 Å². The Kier molecular flexibility index (Phi) is 6.43. The smallest absolute Gasteiger partial charge is 0.272 e. The van der Waals surface area contributed by atoms with E-state index in [1.165, 1.54) is 0 Å². The number of hydrogen-bond acceptors (Lipinski definition) is 4. The van der Waals surface area contributed by atoms with Gasteiger partial charge in [-0.15, -0.1) is 0 Å². The van der Waals surface area contributed by atoms with Crippen molar-refractivity contribution < 1.29 is 9.59 Å². The molecule has 7 nitrogen and oxygen atoms in total. The van der Waals surface area contributed by atoms with Gasteiger partial charge in [-0.1, -0.05) is 31.5 Å². The highest BCUT2D eigenvalue weighted by Gasteiger charge is 2.25. The Bertz CT molecular complexity index is 1090. The van der Waals surface area contributed by atoms with Crippen LogP contribution in [0.25, 0.3) is 11.0 Å². The summed E-state index contributed by atoms with van der Waals surface area (Å²) in [6.07, 6.45) is 1.71. The van der Waals surface area contributed by atoms with E-state index in [1.54, 1.807) is 28.9 Å². The first-order valence-electron chi connectivity index (χ1n) is 10.7. The van der Waals surface area contributed by atoms with Gasteiger partial charge in [-0.2, -0.15) is 5.10 Å². The average molecular weight is 422 g/mol. The monoisotopic (exact) mass is 421 g/mol. The number of amides is 2. The number of benzene rings is 1. The molecule has 3 rings (SSSR count). The van der Waals surface area contributed by atoms with Crippen LogP contribution in [0.4, 0.5) is 5.82 Å². The number of nitrogens with zero attached hydrogens (tertiary/aromatic N) is 3. The van der Waals surface area contributed by atoms with Crippen LogP contribution in [0, 0.1) is 6.92 Å². The van der Waals surface area contributed by atoms with Crippen molar-refractivity contribution in [2.45, 2.75) is 66.0 Å². The number of anilines is 1. The minimum atomic E-state index is -0.391. The Balaban J connectivity index is 1.98. The van der Waals surface area contributed by atoms with Crippen LogP contribution in [0.1, 0.15) is 73.9 Å². The third kappa shape index (κ3) is 4.93. The molecule has 0 atom stereocenters. The number of carbonyl (C=O) groups is 2. The molecule has 0 aliphatic heterocycles. The van der Waals surface area contributed by atoms with E-state index in [2.05, 4.69) is 20.7 Å². The van der Waals surface area contributed by atoms with E-state index in [4.69, 9.17) is 0 Å². The van der Waals surface area contributed by atoms with E-state index in [9.17, 15) is 9.59 Å². The number of rotatable bonds is 6. The highest BCUT2D eigenvalue weighted by atomic mass is 16.2. The molecule has 7 heteroatoms. The normalized spacial score (nSPS) is 11.7. The molecule has 0 unspecified atom stereocenters. The van der Waals surface area contributed by atoms with Gasteiger partial charge in [-0.25, -0.2) is 9.67 Å². The molecule has 0 bridgehead atoms. The number of carbonyl (C=O) groups excluding carboxylic acids is 2. The van der Waals surface area contributed by atoms with Gasteiger partial charge >= 0.3 is 0 Å². The molecule has 2 heterocycles. The van der Waals surface area contributed by atoms with Gasteiger partial charge in [0.1, 0.15) is 5.82 Å². The lowest BCUT2D eigenvalue weighted by molar-refractivity contribution is 0.0929. The number of nitrogens with one attached hydrogen (secondary N) is 2. The maximum absolute atomic E-state index is 12.9. The van der Waals surface area contributed by atoms with E-state index in [1.807, 2.05) is 53.7 Å². The van der Waals surface area contributed by atoms with Crippen molar-refractivity contribution in [3.8, 4) is 0 Å². The number of hydrogen-bond donors (Lipinski definition) is 2. The van der Waals surface area contributed by atoms with Crippen molar-refractivity contribution in [1.82, 2.24) is 20.1 Å². The average Bonchev–Trinajstić information content (AvgIpc) is 3.11. The van der Waals surface area contributed by atoms with Crippen LogP contribution in [0.5, 0.6) is 0 Å². The van der Waals surface area contributed by atoms with Crippen LogP contribution in [0.3, 0.4) is 0 Å².